The number of methoxy groups -OCH3 is 1. The maximum atomic E-state index is 12.1. The average molecular weight is 390 g/mol. The number of carbonyl (C=O) groups is 2. The van der Waals surface area contributed by atoms with Crippen molar-refractivity contribution in [1.29, 1.82) is 0 Å². The third kappa shape index (κ3) is 3.22. The molecule has 0 bridgehead atoms. The molecule has 4 rings (SSSR count). The Morgan fingerprint density at radius 1 is 1.34 bits per heavy atom. The summed E-state index contributed by atoms with van der Waals surface area (Å²) in [5.74, 6) is 4.64. The Morgan fingerprint density at radius 2 is 2.17 bits per heavy atom. The predicted molar refractivity (Wildman–Crippen MR) is 104 cm³/mol. The van der Waals surface area contributed by atoms with Crippen molar-refractivity contribution in [3.63, 3.8) is 0 Å². The van der Waals surface area contributed by atoms with Crippen LogP contribution in [-0.4, -0.2) is 63.0 Å². The van der Waals surface area contributed by atoms with Gasteiger partial charge < -0.3 is 14.7 Å². The Bertz CT molecular complexity index is 1190. The summed E-state index contributed by atoms with van der Waals surface area (Å²) in [5, 5.41) is 15.4. The summed E-state index contributed by atoms with van der Waals surface area (Å²) in [6.07, 6.45) is 3.45. The zero-order valence-corrected chi connectivity index (χ0v) is 15.9. The first-order valence-corrected chi connectivity index (χ1v) is 8.95. The van der Waals surface area contributed by atoms with Crippen molar-refractivity contribution in [2.75, 3.05) is 20.7 Å². The van der Waals surface area contributed by atoms with Gasteiger partial charge >= 0.3 is 5.97 Å². The Morgan fingerprint density at radius 3 is 2.90 bits per heavy atom. The molecule has 8 nitrogen and oxygen atoms in total. The summed E-state index contributed by atoms with van der Waals surface area (Å²) in [7, 11) is 2.94. The van der Waals surface area contributed by atoms with Crippen LogP contribution in [0.3, 0.4) is 0 Å². The lowest BCUT2D eigenvalue weighted by Crippen LogP contribution is -2.37. The van der Waals surface area contributed by atoms with E-state index in [2.05, 4.69) is 21.9 Å². The number of amides is 1. The van der Waals surface area contributed by atoms with Gasteiger partial charge in [-0.3, -0.25) is 9.78 Å². The first-order valence-electron chi connectivity index (χ1n) is 8.95. The number of aromatic nitrogens is 3. The van der Waals surface area contributed by atoms with Crippen LogP contribution < -0.4 is 0 Å². The quantitative estimate of drug-likeness (QED) is 0.521. The molecule has 1 aliphatic heterocycles. The van der Waals surface area contributed by atoms with E-state index in [9.17, 15) is 14.7 Å². The molecular formula is C21H18N4O4. The molecule has 0 aliphatic carbocycles. The van der Waals surface area contributed by atoms with Crippen LogP contribution in [0.15, 0.2) is 42.7 Å². The Balaban J connectivity index is 1.75. The van der Waals surface area contributed by atoms with Gasteiger partial charge in [-0.1, -0.05) is 17.9 Å². The van der Waals surface area contributed by atoms with E-state index in [-0.39, 0.29) is 12.1 Å². The highest BCUT2D eigenvalue weighted by molar-refractivity contribution is 6.02. The van der Waals surface area contributed by atoms with Gasteiger partial charge in [0.25, 0.3) is 5.91 Å². The van der Waals surface area contributed by atoms with E-state index in [1.165, 1.54) is 12.0 Å². The topological polar surface area (TPSA) is 97.5 Å². The van der Waals surface area contributed by atoms with Gasteiger partial charge in [-0.05, 0) is 24.3 Å². The van der Waals surface area contributed by atoms with E-state index in [0.717, 1.165) is 0 Å². The highest BCUT2D eigenvalue weighted by Gasteiger charge is 2.42. The number of likely N-dealkylation sites (N-methyl/N-ethyl adjacent to an activating group) is 1. The lowest BCUT2D eigenvalue weighted by Gasteiger charge is -2.13. The molecule has 1 aromatic carbocycles. The fourth-order valence-electron chi connectivity index (χ4n) is 3.27. The van der Waals surface area contributed by atoms with Crippen LogP contribution in [-0.2, 0) is 9.53 Å². The van der Waals surface area contributed by atoms with Crippen molar-refractivity contribution in [2.45, 2.75) is 12.0 Å². The van der Waals surface area contributed by atoms with Crippen molar-refractivity contribution in [1.82, 2.24) is 19.7 Å². The molecule has 29 heavy (non-hydrogen) atoms. The van der Waals surface area contributed by atoms with Crippen LogP contribution in [0.1, 0.15) is 22.5 Å². The molecule has 3 aromatic rings. The number of likely N-dealkylation sites (tertiary alicyclic amines) is 1. The van der Waals surface area contributed by atoms with Crippen LogP contribution in [0.5, 0.6) is 0 Å². The summed E-state index contributed by atoms with van der Waals surface area (Å²) in [6, 6.07) is 8.91. The monoisotopic (exact) mass is 390 g/mol. The molecule has 1 fully saturated rings. The third-order valence-corrected chi connectivity index (χ3v) is 4.87. The molecule has 8 heteroatoms. The highest BCUT2D eigenvalue weighted by atomic mass is 16.5. The van der Waals surface area contributed by atoms with Gasteiger partial charge in [0.1, 0.15) is 0 Å². The number of fused-ring (bicyclic) bond motifs is 1. The maximum Gasteiger partial charge on any atom is 0.359 e. The number of ether oxygens (including phenoxy) is 1. The van der Waals surface area contributed by atoms with Crippen molar-refractivity contribution in [2.24, 2.45) is 0 Å². The lowest BCUT2D eigenvalue weighted by molar-refractivity contribution is -0.137. The number of nitrogens with zero attached hydrogens (tertiary/aromatic N) is 4. The largest absolute Gasteiger partial charge is 0.464 e. The SMILES string of the molecule is COC(=O)c1nn(-c2cccc(C#CC3(O)CCN(C)C3=O)c2)c2ccncc12. The Labute approximate surface area is 166 Å². The molecule has 3 heterocycles. The number of hydrogen-bond donors (Lipinski definition) is 1. The molecule has 0 radical (unpaired) electrons. The van der Waals surface area contributed by atoms with E-state index in [1.54, 1.807) is 48.4 Å². The minimum absolute atomic E-state index is 0.168. The van der Waals surface area contributed by atoms with Crippen LogP contribution in [0.4, 0.5) is 0 Å². The number of carbonyl (C=O) groups excluding carboxylic acids is 2. The number of pyridine rings is 1. The summed E-state index contributed by atoms with van der Waals surface area (Å²) >= 11 is 0. The number of benzene rings is 1. The smallest absolute Gasteiger partial charge is 0.359 e. The van der Waals surface area contributed by atoms with Crippen LogP contribution in [0, 0.1) is 11.8 Å². The van der Waals surface area contributed by atoms with Crippen LogP contribution >= 0.6 is 0 Å². The second-order valence-corrected chi connectivity index (χ2v) is 6.78. The van der Waals surface area contributed by atoms with Gasteiger partial charge in [-0.25, -0.2) is 9.48 Å². The van der Waals surface area contributed by atoms with Gasteiger partial charge in [0.2, 0.25) is 5.60 Å². The number of hydrogen-bond acceptors (Lipinski definition) is 6. The fraction of sp³-hybridized carbons (Fsp3) is 0.238. The molecule has 1 aliphatic rings. The Hall–Kier alpha value is -3.70. The lowest BCUT2D eigenvalue weighted by atomic mass is 10.0. The van der Waals surface area contributed by atoms with E-state index < -0.39 is 17.5 Å². The first kappa shape index (κ1) is 18.7. The minimum atomic E-state index is -1.66. The number of esters is 1. The summed E-state index contributed by atoms with van der Waals surface area (Å²) in [5.41, 5.74) is 0.477. The van der Waals surface area contributed by atoms with Crippen molar-refractivity contribution >= 4 is 22.8 Å². The summed E-state index contributed by atoms with van der Waals surface area (Å²) < 4.78 is 6.42. The van der Waals surface area contributed by atoms with E-state index in [0.29, 0.717) is 28.7 Å². The minimum Gasteiger partial charge on any atom is -0.464 e. The van der Waals surface area contributed by atoms with Crippen molar-refractivity contribution in [3.05, 3.63) is 54.0 Å². The van der Waals surface area contributed by atoms with Gasteiger partial charge in [0, 0.05) is 38.0 Å². The molecule has 1 atom stereocenters. The van der Waals surface area contributed by atoms with Crippen molar-refractivity contribution < 1.29 is 19.4 Å². The third-order valence-electron chi connectivity index (χ3n) is 4.87. The molecule has 1 saturated heterocycles. The maximum absolute atomic E-state index is 12.1. The molecule has 0 saturated carbocycles. The van der Waals surface area contributed by atoms with Gasteiger partial charge in [0.15, 0.2) is 5.69 Å². The van der Waals surface area contributed by atoms with Gasteiger partial charge in [-0.2, -0.15) is 5.10 Å². The molecular weight excluding hydrogens is 372 g/mol. The standard InChI is InChI=1S/C21H18N4O4/c1-24-11-9-21(28,20(24)27)8-6-14-4-3-5-15(12-14)25-17-7-10-22-13-16(17)18(23-25)19(26)29-2/h3-5,7,10,12-13,28H,9,11H2,1-2H3. The summed E-state index contributed by atoms with van der Waals surface area (Å²) in [4.78, 5) is 29.7. The van der Waals surface area contributed by atoms with E-state index in [4.69, 9.17) is 4.74 Å². The molecule has 0 spiro atoms. The second-order valence-electron chi connectivity index (χ2n) is 6.78. The molecule has 146 valence electrons. The fourth-order valence-corrected chi connectivity index (χ4v) is 3.27. The van der Waals surface area contributed by atoms with Gasteiger partial charge in [-0.15, -0.1) is 0 Å². The second kappa shape index (κ2) is 7.04. The van der Waals surface area contributed by atoms with Crippen LogP contribution in [0.2, 0.25) is 0 Å². The average Bonchev–Trinajstić information content (AvgIpc) is 3.26. The Kier molecular flexibility index (Phi) is 4.53. The van der Waals surface area contributed by atoms with Crippen molar-refractivity contribution in [3.8, 4) is 17.5 Å². The summed E-state index contributed by atoms with van der Waals surface area (Å²) in [6.45, 7) is 0.466. The molecule has 1 unspecified atom stereocenters. The van der Waals surface area contributed by atoms with Gasteiger partial charge in [0.05, 0.1) is 23.7 Å². The zero-order valence-electron chi connectivity index (χ0n) is 15.9. The zero-order chi connectivity index (χ0) is 20.6. The van der Waals surface area contributed by atoms with E-state index in [1.807, 2.05) is 6.07 Å². The first-order chi connectivity index (χ1) is 13.9. The normalized spacial score (nSPS) is 18.6. The number of aliphatic hydroxyl groups is 1. The molecule has 2 aromatic heterocycles. The van der Waals surface area contributed by atoms with Crippen LogP contribution in [0.25, 0.3) is 16.6 Å². The highest BCUT2D eigenvalue weighted by Crippen LogP contribution is 2.23. The molecule has 1 N–H and O–H groups in total. The molecule has 1 amide bonds. The predicted octanol–water partition coefficient (Wildman–Crippen LogP) is 1.15. The van der Waals surface area contributed by atoms with E-state index >= 15 is 0 Å². The number of rotatable bonds is 2.